The van der Waals surface area contributed by atoms with Crippen molar-refractivity contribution < 1.29 is 8.42 Å². The van der Waals surface area contributed by atoms with Gasteiger partial charge in [-0.05, 0) is 47.7 Å². The van der Waals surface area contributed by atoms with Crippen molar-refractivity contribution in [2.45, 2.75) is 24.3 Å². The number of primary sulfonamides is 1. The molecule has 0 aliphatic rings. The van der Waals surface area contributed by atoms with E-state index < -0.39 is 10.0 Å². The van der Waals surface area contributed by atoms with E-state index in [1.54, 1.807) is 23.5 Å². The minimum atomic E-state index is -3.76. The number of nitrogens with zero attached hydrogens (tertiary/aromatic N) is 2. The summed E-state index contributed by atoms with van der Waals surface area (Å²) in [6.07, 6.45) is 0.737. The second-order valence-corrected chi connectivity index (χ2v) is 9.12. The fourth-order valence-electron chi connectivity index (χ4n) is 3.20. The summed E-state index contributed by atoms with van der Waals surface area (Å²) in [6, 6.07) is 18.4. The molecule has 8 heteroatoms. The summed E-state index contributed by atoms with van der Waals surface area (Å²) in [4.78, 5) is 10.6. The first-order chi connectivity index (χ1) is 14.0. The van der Waals surface area contributed by atoms with E-state index in [0.717, 1.165) is 27.8 Å². The Kier molecular flexibility index (Phi) is 5.31. The number of nitrogens with two attached hydrogens (primary N) is 1. The van der Waals surface area contributed by atoms with Crippen molar-refractivity contribution in [1.82, 2.24) is 9.97 Å². The molecule has 3 N–H and O–H groups in total. The van der Waals surface area contributed by atoms with Crippen LogP contribution in [0, 0.1) is 0 Å². The van der Waals surface area contributed by atoms with E-state index in [2.05, 4.69) is 5.32 Å². The van der Waals surface area contributed by atoms with E-state index in [1.165, 1.54) is 6.07 Å². The number of benzene rings is 2. The van der Waals surface area contributed by atoms with Crippen molar-refractivity contribution in [2.75, 3.05) is 5.32 Å². The Morgan fingerprint density at radius 1 is 1.07 bits per heavy atom. The summed E-state index contributed by atoms with van der Waals surface area (Å²) in [5.41, 5.74) is 1.68. The van der Waals surface area contributed by atoms with Crippen molar-refractivity contribution in [2.24, 2.45) is 5.14 Å². The van der Waals surface area contributed by atoms with Crippen LogP contribution in [0.4, 0.5) is 5.82 Å². The molecular formula is C21H20N4O2S2. The molecule has 2 aromatic heterocycles. The van der Waals surface area contributed by atoms with Gasteiger partial charge in [0.15, 0.2) is 5.82 Å². The highest BCUT2D eigenvalue weighted by molar-refractivity contribution is 7.89. The number of thiophene rings is 1. The van der Waals surface area contributed by atoms with Gasteiger partial charge in [0.1, 0.15) is 5.82 Å². The molecule has 0 spiro atoms. The Hall–Kier alpha value is -2.81. The molecule has 0 bridgehead atoms. The van der Waals surface area contributed by atoms with Crippen LogP contribution in [-0.4, -0.2) is 18.4 Å². The number of para-hydroxylation sites is 1. The summed E-state index contributed by atoms with van der Waals surface area (Å²) in [6.45, 7) is 2.03. The van der Waals surface area contributed by atoms with Gasteiger partial charge in [-0.15, -0.1) is 11.3 Å². The maximum absolute atomic E-state index is 11.7. The molecule has 29 heavy (non-hydrogen) atoms. The zero-order chi connectivity index (χ0) is 20.4. The van der Waals surface area contributed by atoms with E-state index in [-0.39, 0.29) is 10.9 Å². The molecular weight excluding hydrogens is 404 g/mol. The minimum absolute atomic E-state index is 0.0991. The minimum Gasteiger partial charge on any atom is -0.363 e. The van der Waals surface area contributed by atoms with E-state index in [9.17, 15) is 8.42 Å². The fourth-order valence-corrected chi connectivity index (χ4v) is 4.42. The van der Waals surface area contributed by atoms with Crippen LogP contribution >= 0.6 is 11.3 Å². The van der Waals surface area contributed by atoms with Crippen molar-refractivity contribution in [3.63, 3.8) is 0 Å². The highest BCUT2D eigenvalue weighted by Gasteiger charge is 2.17. The maximum atomic E-state index is 11.7. The largest absolute Gasteiger partial charge is 0.363 e. The Morgan fingerprint density at radius 3 is 2.62 bits per heavy atom. The van der Waals surface area contributed by atoms with Crippen LogP contribution in [0.25, 0.3) is 21.6 Å². The van der Waals surface area contributed by atoms with E-state index in [0.29, 0.717) is 11.6 Å². The first-order valence-corrected chi connectivity index (χ1v) is 11.6. The van der Waals surface area contributed by atoms with Crippen LogP contribution in [0.1, 0.15) is 24.9 Å². The Bertz CT molecular complexity index is 1250. The van der Waals surface area contributed by atoms with Gasteiger partial charge in [-0.3, -0.25) is 0 Å². The zero-order valence-corrected chi connectivity index (χ0v) is 17.4. The molecule has 0 saturated heterocycles. The summed E-state index contributed by atoms with van der Waals surface area (Å²) < 4.78 is 23.5. The molecule has 6 nitrogen and oxygen atoms in total. The lowest BCUT2D eigenvalue weighted by Gasteiger charge is -2.20. The zero-order valence-electron chi connectivity index (χ0n) is 15.7. The van der Waals surface area contributed by atoms with Crippen molar-refractivity contribution in [3.8, 4) is 10.7 Å². The number of anilines is 1. The monoisotopic (exact) mass is 424 g/mol. The first kappa shape index (κ1) is 19.5. The number of fused-ring (bicyclic) bond motifs is 1. The molecule has 0 aliphatic heterocycles. The third-order valence-electron chi connectivity index (χ3n) is 4.65. The summed E-state index contributed by atoms with van der Waals surface area (Å²) in [5, 5.41) is 11.7. The predicted molar refractivity (Wildman–Crippen MR) is 117 cm³/mol. The van der Waals surface area contributed by atoms with Gasteiger partial charge in [0.2, 0.25) is 10.0 Å². The Morgan fingerprint density at radius 2 is 1.90 bits per heavy atom. The third-order valence-corrected chi connectivity index (χ3v) is 6.43. The molecule has 2 aromatic carbocycles. The molecule has 2 heterocycles. The van der Waals surface area contributed by atoms with Gasteiger partial charge in [0.25, 0.3) is 0 Å². The normalized spacial score (nSPS) is 12.8. The molecule has 4 rings (SSSR count). The average Bonchev–Trinajstić information content (AvgIpc) is 3.26. The van der Waals surface area contributed by atoms with Crippen molar-refractivity contribution in [1.29, 1.82) is 0 Å². The van der Waals surface area contributed by atoms with Crippen LogP contribution in [0.2, 0.25) is 0 Å². The number of nitrogens with one attached hydrogen (secondary N) is 1. The van der Waals surface area contributed by atoms with Gasteiger partial charge in [0.05, 0.1) is 21.3 Å². The van der Waals surface area contributed by atoms with Gasteiger partial charge >= 0.3 is 0 Å². The molecule has 0 saturated carbocycles. The third kappa shape index (κ3) is 4.14. The number of hydrogen-bond donors (Lipinski definition) is 2. The number of hydrogen-bond acceptors (Lipinski definition) is 6. The summed E-state index contributed by atoms with van der Waals surface area (Å²) in [7, 11) is -3.76. The Labute approximate surface area is 173 Å². The second-order valence-electron chi connectivity index (χ2n) is 6.61. The summed E-state index contributed by atoms with van der Waals surface area (Å²) in [5.74, 6) is 1.38. The van der Waals surface area contributed by atoms with Gasteiger partial charge in [-0.1, -0.05) is 37.3 Å². The van der Waals surface area contributed by atoms with Crippen molar-refractivity contribution in [3.05, 3.63) is 71.6 Å². The SMILES string of the molecule is CCC(Nc1nc(-c2cccs2)nc2ccccc12)c1cccc(S(N)(=O)=O)c1. The molecule has 0 fully saturated rings. The lowest BCUT2D eigenvalue weighted by Crippen LogP contribution is -2.15. The van der Waals surface area contributed by atoms with Gasteiger partial charge in [0, 0.05) is 5.39 Å². The summed E-state index contributed by atoms with van der Waals surface area (Å²) >= 11 is 1.59. The predicted octanol–water partition coefficient (Wildman–Crippen LogP) is 4.57. The molecule has 1 unspecified atom stereocenters. The van der Waals surface area contributed by atoms with Gasteiger partial charge in [-0.25, -0.2) is 23.5 Å². The van der Waals surface area contributed by atoms with Gasteiger partial charge in [-0.2, -0.15) is 0 Å². The maximum Gasteiger partial charge on any atom is 0.238 e. The van der Waals surface area contributed by atoms with Crippen molar-refractivity contribution >= 4 is 38.1 Å². The topological polar surface area (TPSA) is 98.0 Å². The molecule has 1 atom stereocenters. The van der Waals surface area contributed by atoms with Gasteiger partial charge < -0.3 is 5.32 Å². The number of rotatable bonds is 6. The highest BCUT2D eigenvalue weighted by atomic mass is 32.2. The average molecular weight is 425 g/mol. The molecule has 148 valence electrons. The van der Waals surface area contributed by atoms with Crippen LogP contribution in [-0.2, 0) is 10.0 Å². The number of aromatic nitrogens is 2. The van der Waals surface area contributed by atoms with E-state index in [1.807, 2.05) is 54.8 Å². The van der Waals surface area contributed by atoms with E-state index in [4.69, 9.17) is 15.1 Å². The molecule has 0 amide bonds. The quantitative estimate of drug-likeness (QED) is 0.472. The van der Waals surface area contributed by atoms with Crippen LogP contribution in [0.5, 0.6) is 0 Å². The second kappa shape index (κ2) is 7.90. The Balaban J connectivity index is 1.78. The first-order valence-electron chi connectivity index (χ1n) is 9.15. The smallest absolute Gasteiger partial charge is 0.238 e. The standard InChI is InChI=1S/C21H20N4O2S2/c1-2-17(14-7-5-8-15(13-14)29(22,26)27)23-20-16-9-3-4-10-18(16)24-21(25-20)19-11-6-12-28-19/h3-13,17H,2H2,1H3,(H2,22,26,27)(H,23,24,25). The lowest BCUT2D eigenvalue weighted by molar-refractivity contribution is 0.597. The fraction of sp³-hybridized carbons (Fsp3) is 0.143. The molecule has 0 radical (unpaired) electrons. The lowest BCUT2D eigenvalue weighted by atomic mass is 10.0. The van der Waals surface area contributed by atoms with Crippen LogP contribution < -0.4 is 10.5 Å². The molecule has 4 aromatic rings. The van der Waals surface area contributed by atoms with Crippen LogP contribution in [0.3, 0.4) is 0 Å². The van der Waals surface area contributed by atoms with E-state index >= 15 is 0 Å². The molecule has 0 aliphatic carbocycles. The highest BCUT2D eigenvalue weighted by Crippen LogP contribution is 2.31. The number of sulfonamides is 1. The van der Waals surface area contributed by atoms with Crippen LogP contribution in [0.15, 0.2) is 70.9 Å².